The van der Waals surface area contributed by atoms with Gasteiger partial charge in [-0.2, -0.15) is 0 Å². The molecular weight excluding hydrogens is 217 g/mol. The third-order valence-corrected chi connectivity index (χ3v) is 2.43. The Hall–Kier alpha value is -2.03. The van der Waals surface area contributed by atoms with Gasteiger partial charge >= 0.3 is 0 Å². The van der Waals surface area contributed by atoms with Gasteiger partial charge in [-0.1, -0.05) is 18.2 Å². The Bertz CT molecular complexity index is 525. The number of halogens is 1. The molecule has 0 heterocycles. The summed E-state index contributed by atoms with van der Waals surface area (Å²) in [4.78, 5) is 0. The first kappa shape index (κ1) is 11.5. The van der Waals surface area contributed by atoms with Crippen LogP contribution in [-0.4, -0.2) is 0 Å². The van der Waals surface area contributed by atoms with Crippen molar-refractivity contribution in [2.75, 3.05) is 5.73 Å². The second-order valence-electron chi connectivity index (χ2n) is 3.97. The zero-order chi connectivity index (χ0) is 12.3. The van der Waals surface area contributed by atoms with Gasteiger partial charge in [0.05, 0.1) is 0 Å². The van der Waals surface area contributed by atoms with Crippen LogP contribution in [0.2, 0.25) is 0 Å². The fourth-order valence-corrected chi connectivity index (χ4v) is 1.57. The summed E-state index contributed by atoms with van der Waals surface area (Å²) in [5.74, 6) is -0.0769. The summed E-state index contributed by atoms with van der Waals surface area (Å²) < 4.78 is 18.8. The Morgan fingerprint density at radius 3 is 2.76 bits per heavy atom. The molecule has 3 heteroatoms. The molecule has 2 rings (SSSR count). The number of nitrogen functional groups attached to an aromatic ring is 1. The zero-order valence-corrected chi connectivity index (χ0v) is 9.61. The van der Waals surface area contributed by atoms with Crippen LogP contribution in [0.5, 0.6) is 5.75 Å². The molecule has 0 aliphatic rings. The molecule has 2 nitrogen and oxygen atoms in total. The molecule has 2 aromatic carbocycles. The van der Waals surface area contributed by atoms with Crippen LogP contribution in [0.25, 0.3) is 0 Å². The SMILES string of the molecule is Cc1ccc(F)c(OCc2cccc(N)c2)c1. The number of rotatable bonds is 3. The summed E-state index contributed by atoms with van der Waals surface area (Å²) in [7, 11) is 0. The van der Waals surface area contributed by atoms with Gasteiger partial charge in [0.25, 0.3) is 0 Å². The van der Waals surface area contributed by atoms with Gasteiger partial charge in [0.1, 0.15) is 6.61 Å². The van der Waals surface area contributed by atoms with Crippen LogP contribution >= 0.6 is 0 Å². The van der Waals surface area contributed by atoms with Crippen molar-refractivity contribution < 1.29 is 9.13 Å². The summed E-state index contributed by atoms with van der Waals surface area (Å²) in [6, 6.07) is 12.2. The molecule has 0 spiro atoms. The van der Waals surface area contributed by atoms with Crippen molar-refractivity contribution in [1.82, 2.24) is 0 Å². The molecule has 0 aromatic heterocycles. The summed E-state index contributed by atoms with van der Waals surface area (Å²) in [6.45, 7) is 2.21. The lowest BCUT2D eigenvalue weighted by atomic mass is 10.2. The standard InChI is InChI=1S/C14H14FNO/c1-10-5-6-13(15)14(7-10)17-9-11-3-2-4-12(16)8-11/h2-8H,9,16H2,1H3. The lowest BCUT2D eigenvalue weighted by molar-refractivity contribution is 0.290. The number of ether oxygens (including phenoxy) is 1. The largest absolute Gasteiger partial charge is 0.486 e. The predicted molar refractivity (Wildman–Crippen MR) is 66.3 cm³/mol. The zero-order valence-electron chi connectivity index (χ0n) is 9.61. The fraction of sp³-hybridized carbons (Fsp3) is 0.143. The molecule has 0 atom stereocenters. The molecule has 0 aliphatic carbocycles. The van der Waals surface area contributed by atoms with Crippen molar-refractivity contribution in [2.45, 2.75) is 13.5 Å². The molecule has 2 aromatic rings. The van der Waals surface area contributed by atoms with E-state index in [0.29, 0.717) is 12.3 Å². The molecule has 0 bridgehead atoms. The van der Waals surface area contributed by atoms with Crippen LogP contribution in [0, 0.1) is 12.7 Å². The first-order valence-corrected chi connectivity index (χ1v) is 5.38. The summed E-state index contributed by atoms with van der Waals surface area (Å²) in [5.41, 5.74) is 8.22. The van der Waals surface area contributed by atoms with E-state index in [1.807, 2.05) is 25.1 Å². The molecule has 0 saturated heterocycles. The second-order valence-corrected chi connectivity index (χ2v) is 3.97. The Morgan fingerprint density at radius 2 is 2.00 bits per heavy atom. The molecule has 0 fully saturated rings. The fourth-order valence-electron chi connectivity index (χ4n) is 1.57. The topological polar surface area (TPSA) is 35.2 Å². The molecule has 88 valence electrons. The molecule has 0 saturated carbocycles. The maximum Gasteiger partial charge on any atom is 0.165 e. The molecule has 0 aliphatic heterocycles. The number of nitrogens with two attached hydrogens (primary N) is 1. The Balaban J connectivity index is 2.09. The van der Waals surface area contributed by atoms with E-state index in [1.165, 1.54) is 6.07 Å². The summed E-state index contributed by atoms with van der Waals surface area (Å²) in [6.07, 6.45) is 0. The third-order valence-electron chi connectivity index (χ3n) is 2.43. The second kappa shape index (κ2) is 4.87. The van der Waals surface area contributed by atoms with Crippen molar-refractivity contribution in [3.05, 3.63) is 59.4 Å². The van der Waals surface area contributed by atoms with Crippen molar-refractivity contribution >= 4 is 5.69 Å². The third kappa shape index (κ3) is 2.97. The van der Waals surface area contributed by atoms with Crippen LogP contribution < -0.4 is 10.5 Å². The molecule has 0 radical (unpaired) electrons. The van der Waals surface area contributed by atoms with Crippen LogP contribution in [0.4, 0.5) is 10.1 Å². The van der Waals surface area contributed by atoms with Gasteiger partial charge in [-0.15, -0.1) is 0 Å². The van der Waals surface area contributed by atoms with E-state index < -0.39 is 0 Å². The number of hydrogen-bond donors (Lipinski definition) is 1. The highest BCUT2D eigenvalue weighted by atomic mass is 19.1. The van der Waals surface area contributed by atoms with Crippen molar-refractivity contribution in [2.24, 2.45) is 0 Å². The highest BCUT2D eigenvalue weighted by molar-refractivity contribution is 5.40. The monoisotopic (exact) mass is 231 g/mol. The van der Waals surface area contributed by atoms with Crippen molar-refractivity contribution in [3.8, 4) is 5.75 Å². The van der Waals surface area contributed by atoms with E-state index >= 15 is 0 Å². The average molecular weight is 231 g/mol. The van der Waals surface area contributed by atoms with E-state index in [2.05, 4.69) is 0 Å². The van der Waals surface area contributed by atoms with E-state index in [4.69, 9.17) is 10.5 Å². The highest BCUT2D eigenvalue weighted by Crippen LogP contribution is 2.20. The van der Waals surface area contributed by atoms with E-state index in [0.717, 1.165) is 11.1 Å². The maximum absolute atomic E-state index is 13.4. The van der Waals surface area contributed by atoms with Gasteiger partial charge in [0.15, 0.2) is 11.6 Å². The van der Waals surface area contributed by atoms with Crippen LogP contribution in [0.3, 0.4) is 0 Å². The van der Waals surface area contributed by atoms with Gasteiger partial charge in [-0.05, 0) is 42.3 Å². The minimum Gasteiger partial charge on any atom is -0.486 e. The first-order valence-electron chi connectivity index (χ1n) is 5.38. The minimum atomic E-state index is -0.348. The summed E-state index contributed by atoms with van der Waals surface area (Å²) in [5, 5.41) is 0. The number of hydrogen-bond acceptors (Lipinski definition) is 2. The lowest BCUT2D eigenvalue weighted by Gasteiger charge is -2.08. The molecule has 2 N–H and O–H groups in total. The Kier molecular flexibility index (Phi) is 3.28. The lowest BCUT2D eigenvalue weighted by Crippen LogP contribution is -1.98. The van der Waals surface area contributed by atoms with E-state index in [1.54, 1.807) is 18.2 Å². The van der Waals surface area contributed by atoms with Crippen molar-refractivity contribution in [3.63, 3.8) is 0 Å². The first-order chi connectivity index (χ1) is 8.15. The van der Waals surface area contributed by atoms with Gasteiger partial charge in [0, 0.05) is 5.69 Å². The highest BCUT2D eigenvalue weighted by Gasteiger charge is 2.03. The van der Waals surface area contributed by atoms with Gasteiger partial charge < -0.3 is 10.5 Å². The van der Waals surface area contributed by atoms with Crippen LogP contribution in [-0.2, 0) is 6.61 Å². The van der Waals surface area contributed by atoms with E-state index in [9.17, 15) is 4.39 Å². The van der Waals surface area contributed by atoms with E-state index in [-0.39, 0.29) is 11.6 Å². The van der Waals surface area contributed by atoms with Crippen LogP contribution in [0.15, 0.2) is 42.5 Å². The normalized spacial score (nSPS) is 10.2. The quantitative estimate of drug-likeness (QED) is 0.822. The number of benzene rings is 2. The molecule has 0 unspecified atom stereocenters. The maximum atomic E-state index is 13.4. The minimum absolute atomic E-state index is 0.271. The predicted octanol–water partition coefficient (Wildman–Crippen LogP) is 3.30. The smallest absolute Gasteiger partial charge is 0.165 e. The van der Waals surface area contributed by atoms with Crippen molar-refractivity contribution in [1.29, 1.82) is 0 Å². The summed E-state index contributed by atoms with van der Waals surface area (Å²) >= 11 is 0. The van der Waals surface area contributed by atoms with Gasteiger partial charge in [0.2, 0.25) is 0 Å². The molecule has 0 amide bonds. The average Bonchev–Trinajstić information content (AvgIpc) is 2.30. The molecule has 17 heavy (non-hydrogen) atoms. The van der Waals surface area contributed by atoms with Gasteiger partial charge in [-0.3, -0.25) is 0 Å². The Morgan fingerprint density at radius 1 is 1.18 bits per heavy atom. The number of anilines is 1. The van der Waals surface area contributed by atoms with Gasteiger partial charge in [-0.25, -0.2) is 4.39 Å². The molecular formula is C14H14FNO. The van der Waals surface area contributed by atoms with Crippen LogP contribution in [0.1, 0.15) is 11.1 Å². The number of aryl methyl sites for hydroxylation is 1. The Labute approximate surface area is 99.8 Å².